The first-order chi connectivity index (χ1) is 9.15. The zero-order valence-electron chi connectivity index (χ0n) is 10.8. The highest BCUT2D eigenvalue weighted by Crippen LogP contribution is 2.13. The molecule has 1 aromatic rings. The van der Waals surface area contributed by atoms with E-state index in [0.717, 1.165) is 12.2 Å². The van der Waals surface area contributed by atoms with Gasteiger partial charge in [-0.25, -0.2) is 4.79 Å². The highest BCUT2D eigenvalue weighted by Gasteiger charge is 2.17. The number of carbonyl (C=O) groups excluding carboxylic acids is 1. The predicted molar refractivity (Wildman–Crippen MR) is 77.8 cm³/mol. The van der Waals surface area contributed by atoms with Crippen LogP contribution in [-0.4, -0.2) is 42.2 Å². The Labute approximate surface area is 117 Å². The van der Waals surface area contributed by atoms with Crippen LogP contribution in [-0.2, 0) is 4.79 Å². The number of para-hydroxylation sites is 1. The Hall–Kier alpha value is -1.69. The van der Waals surface area contributed by atoms with Crippen molar-refractivity contribution < 1.29 is 14.7 Å². The fourth-order valence-corrected chi connectivity index (χ4v) is 1.96. The molecule has 19 heavy (non-hydrogen) atoms. The van der Waals surface area contributed by atoms with E-state index in [2.05, 4.69) is 5.32 Å². The first-order valence-electron chi connectivity index (χ1n) is 5.96. The number of nitrogens with zero attached hydrogens (tertiary/aromatic N) is 1. The van der Waals surface area contributed by atoms with Crippen molar-refractivity contribution in [2.24, 2.45) is 0 Å². The molecule has 0 aromatic heterocycles. The second-order valence-corrected chi connectivity index (χ2v) is 4.88. The van der Waals surface area contributed by atoms with E-state index >= 15 is 0 Å². The van der Waals surface area contributed by atoms with Crippen molar-refractivity contribution in [3.05, 3.63) is 30.3 Å². The van der Waals surface area contributed by atoms with Gasteiger partial charge in [0.25, 0.3) is 0 Å². The molecule has 0 aliphatic carbocycles. The lowest BCUT2D eigenvalue weighted by atomic mass is 10.3. The van der Waals surface area contributed by atoms with Gasteiger partial charge in [-0.1, -0.05) is 18.2 Å². The maximum Gasteiger partial charge on any atom is 0.323 e. The molecule has 0 atom stereocenters. The molecule has 0 aliphatic rings. The average molecular weight is 282 g/mol. The largest absolute Gasteiger partial charge is 0.480 e. The third kappa shape index (κ3) is 5.65. The van der Waals surface area contributed by atoms with E-state index in [0.29, 0.717) is 12.2 Å². The molecule has 2 amide bonds. The summed E-state index contributed by atoms with van der Waals surface area (Å²) in [5, 5.41) is 11.6. The Morgan fingerprint density at radius 3 is 2.58 bits per heavy atom. The minimum atomic E-state index is -1.04. The van der Waals surface area contributed by atoms with Crippen molar-refractivity contribution in [2.45, 2.75) is 6.42 Å². The molecule has 104 valence electrons. The van der Waals surface area contributed by atoms with Crippen LogP contribution in [0.15, 0.2) is 30.3 Å². The summed E-state index contributed by atoms with van der Waals surface area (Å²) < 4.78 is 0. The second kappa shape index (κ2) is 8.42. The molecule has 0 fully saturated rings. The Balaban J connectivity index is 2.63. The lowest BCUT2D eigenvalue weighted by Gasteiger charge is -2.21. The van der Waals surface area contributed by atoms with Gasteiger partial charge < -0.3 is 10.4 Å². The third-order valence-electron chi connectivity index (χ3n) is 2.41. The van der Waals surface area contributed by atoms with Crippen LogP contribution in [0.4, 0.5) is 10.5 Å². The van der Waals surface area contributed by atoms with Crippen molar-refractivity contribution in [1.29, 1.82) is 0 Å². The number of anilines is 1. The number of benzene rings is 1. The van der Waals surface area contributed by atoms with Gasteiger partial charge >= 0.3 is 12.0 Å². The van der Waals surface area contributed by atoms with E-state index in [-0.39, 0.29) is 12.6 Å². The van der Waals surface area contributed by atoms with E-state index in [9.17, 15) is 9.59 Å². The molecule has 0 unspecified atom stereocenters. The number of urea groups is 1. The maximum atomic E-state index is 12.0. The summed E-state index contributed by atoms with van der Waals surface area (Å²) in [5.41, 5.74) is 0.576. The van der Waals surface area contributed by atoms with Crippen LogP contribution in [0.1, 0.15) is 6.42 Å². The summed E-state index contributed by atoms with van der Waals surface area (Å²) in [6, 6.07) is 8.40. The van der Waals surface area contributed by atoms with Gasteiger partial charge in [0.1, 0.15) is 6.54 Å². The number of thioether (sulfide) groups is 1. The van der Waals surface area contributed by atoms with Crippen molar-refractivity contribution in [3.8, 4) is 0 Å². The molecule has 5 nitrogen and oxygen atoms in total. The average Bonchev–Trinajstić information content (AvgIpc) is 2.41. The number of rotatable bonds is 7. The fourth-order valence-electron chi connectivity index (χ4n) is 1.53. The van der Waals surface area contributed by atoms with Crippen LogP contribution in [0, 0.1) is 0 Å². The van der Waals surface area contributed by atoms with Crippen molar-refractivity contribution in [3.63, 3.8) is 0 Å². The SMILES string of the molecule is CSCCCNC(=O)N(CC(=O)O)c1ccccc1. The highest BCUT2D eigenvalue weighted by molar-refractivity contribution is 7.98. The van der Waals surface area contributed by atoms with Gasteiger partial charge in [-0.15, -0.1) is 0 Å². The highest BCUT2D eigenvalue weighted by atomic mass is 32.2. The molecule has 0 bridgehead atoms. The molecule has 6 heteroatoms. The summed E-state index contributed by atoms with van der Waals surface area (Å²) in [7, 11) is 0. The van der Waals surface area contributed by atoms with E-state index in [1.807, 2.05) is 12.3 Å². The predicted octanol–water partition coefficient (Wildman–Crippen LogP) is 2.04. The minimum Gasteiger partial charge on any atom is -0.480 e. The first kappa shape index (κ1) is 15.4. The maximum absolute atomic E-state index is 12.0. The number of carbonyl (C=O) groups is 2. The minimum absolute atomic E-state index is 0.349. The van der Waals surface area contributed by atoms with Gasteiger partial charge in [0, 0.05) is 12.2 Å². The summed E-state index contributed by atoms with van der Waals surface area (Å²) >= 11 is 1.71. The number of nitrogens with one attached hydrogen (secondary N) is 1. The van der Waals surface area contributed by atoms with Crippen molar-refractivity contribution >= 4 is 29.4 Å². The molecule has 1 aromatic carbocycles. The number of amides is 2. The molecule has 0 heterocycles. The van der Waals surface area contributed by atoms with Gasteiger partial charge in [0.05, 0.1) is 0 Å². The summed E-state index contributed by atoms with van der Waals surface area (Å²) in [6.45, 7) is 0.195. The fraction of sp³-hybridized carbons (Fsp3) is 0.385. The number of carboxylic acids is 1. The molecule has 0 aliphatic heterocycles. The van der Waals surface area contributed by atoms with Crippen LogP contribution in [0.3, 0.4) is 0 Å². The number of carboxylic acid groups (broad SMARTS) is 1. The molecular formula is C13H18N2O3S. The Kier molecular flexibility index (Phi) is 6.81. The zero-order chi connectivity index (χ0) is 14.1. The Morgan fingerprint density at radius 1 is 1.32 bits per heavy atom. The monoisotopic (exact) mass is 282 g/mol. The van der Waals surface area contributed by atoms with E-state index in [4.69, 9.17) is 5.11 Å². The molecule has 0 saturated heterocycles. The molecule has 0 radical (unpaired) electrons. The van der Waals surface area contributed by atoms with Crippen LogP contribution >= 0.6 is 11.8 Å². The number of aliphatic carboxylic acids is 1. The lowest BCUT2D eigenvalue weighted by molar-refractivity contribution is -0.135. The normalized spacial score (nSPS) is 9.95. The first-order valence-corrected chi connectivity index (χ1v) is 7.35. The lowest BCUT2D eigenvalue weighted by Crippen LogP contribution is -2.43. The molecule has 2 N–H and O–H groups in total. The summed E-state index contributed by atoms with van der Waals surface area (Å²) in [4.78, 5) is 24.0. The van der Waals surface area contributed by atoms with E-state index in [1.54, 1.807) is 36.0 Å². The van der Waals surface area contributed by atoms with Gasteiger partial charge in [0.2, 0.25) is 0 Å². The van der Waals surface area contributed by atoms with Crippen molar-refractivity contribution in [2.75, 3.05) is 30.0 Å². The van der Waals surface area contributed by atoms with Crippen LogP contribution in [0.25, 0.3) is 0 Å². The molecule has 0 spiro atoms. The molecule has 1 rings (SSSR count). The zero-order valence-corrected chi connectivity index (χ0v) is 11.7. The molecule has 0 saturated carbocycles. The topological polar surface area (TPSA) is 69.6 Å². The standard InChI is InChI=1S/C13H18N2O3S/c1-19-9-5-8-14-13(18)15(10-12(16)17)11-6-3-2-4-7-11/h2-4,6-7H,5,8-10H2,1H3,(H,14,18)(H,16,17). The quantitative estimate of drug-likeness (QED) is 0.751. The smallest absolute Gasteiger partial charge is 0.323 e. The molecular weight excluding hydrogens is 264 g/mol. The van der Waals surface area contributed by atoms with Gasteiger partial charge in [-0.3, -0.25) is 9.69 Å². The number of hydrogen-bond donors (Lipinski definition) is 2. The van der Waals surface area contributed by atoms with Crippen LogP contribution < -0.4 is 10.2 Å². The second-order valence-electron chi connectivity index (χ2n) is 3.89. The van der Waals surface area contributed by atoms with Gasteiger partial charge in [-0.2, -0.15) is 11.8 Å². The van der Waals surface area contributed by atoms with E-state index < -0.39 is 5.97 Å². The summed E-state index contributed by atoms with van der Waals surface area (Å²) in [5.74, 6) is -0.0759. The van der Waals surface area contributed by atoms with E-state index in [1.165, 1.54) is 4.90 Å². The Bertz CT molecular complexity index is 412. The summed E-state index contributed by atoms with van der Waals surface area (Å²) in [6.07, 6.45) is 2.87. The third-order valence-corrected chi connectivity index (χ3v) is 3.10. The van der Waals surface area contributed by atoms with Crippen molar-refractivity contribution in [1.82, 2.24) is 5.32 Å². The number of hydrogen-bond acceptors (Lipinski definition) is 3. The van der Waals surface area contributed by atoms with Gasteiger partial charge in [-0.05, 0) is 30.6 Å². The van der Waals surface area contributed by atoms with Gasteiger partial charge in [0.15, 0.2) is 0 Å². The van der Waals surface area contributed by atoms with Crippen LogP contribution in [0.5, 0.6) is 0 Å². The van der Waals surface area contributed by atoms with Crippen LogP contribution in [0.2, 0.25) is 0 Å². The Morgan fingerprint density at radius 2 is 2.00 bits per heavy atom.